The van der Waals surface area contributed by atoms with Gasteiger partial charge < -0.3 is 10.6 Å². The molecule has 0 aromatic carbocycles. The molecule has 1 atom stereocenters. The Kier molecular flexibility index (Phi) is 5.92. The van der Waals surface area contributed by atoms with Crippen LogP contribution in [0.25, 0.3) is 0 Å². The number of carbonyl (C=O) groups excluding carboxylic acids is 1. The molecule has 100 valence electrons. The fraction of sp³-hybridized carbons (Fsp3) is 0.923. The quantitative estimate of drug-likeness (QED) is 0.778. The average Bonchev–Trinajstić information content (AvgIpc) is 2.35. The van der Waals surface area contributed by atoms with Crippen LogP contribution in [0.2, 0.25) is 0 Å². The van der Waals surface area contributed by atoms with Crippen molar-refractivity contribution in [3.63, 3.8) is 0 Å². The molecule has 0 aliphatic carbocycles. The maximum atomic E-state index is 11.9. The van der Waals surface area contributed by atoms with Gasteiger partial charge in [0.2, 0.25) is 5.91 Å². The van der Waals surface area contributed by atoms with Crippen LogP contribution >= 0.6 is 0 Å². The molecule has 4 nitrogen and oxygen atoms in total. The summed E-state index contributed by atoms with van der Waals surface area (Å²) >= 11 is 0. The third kappa shape index (κ3) is 4.64. The van der Waals surface area contributed by atoms with Crippen molar-refractivity contribution >= 4 is 5.91 Å². The molecular formula is C13H27N3O. The molecule has 0 spiro atoms. The van der Waals surface area contributed by atoms with Gasteiger partial charge in [-0.15, -0.1) is 0 Å². The summed E-state index contributed by atoms with van der Waals surface area (Å²) < 4.78 is 0. The van der Waals surface area contributed by atoms with Crippen LogP contribution in [0.4, 0.5) is 0 Å². The van der Waals surface area contributed by atoms with Gasteiger partial charge in [-0.05, 0) is 25.3 Å². The normalized spacial score (nSPS) is 19.7. The molecule has 1 aliphatic heterocycles. The van der Waals surface area contributed by atoms with Crippen molar-refractivity contribution in [2.24, 2.45) is 11.7 Å². The first-order valence-corrected chi connectivity index (χ1v) is 6.81. The average molecular weight is 241 g/mol. The van der Waals surface area contributed by atoms with Gasteiger partial charge >= 0.3 is 0 Å². The predicted octanol–water partition coefficient (Wildman–Crippen LogP) is 0.914. The monoisotopic (exact) mass is 241 g/mol. The molecule has 1 saturated heterocycles. The van der Waals surface area contributed by atoms with Gasteiger partial charge in [0.15, 0.2) is 0 Å². The Hall–Kier alpha value is -0.610. The zero-order valence-corrected chi connectivity index (χ0v) is 11.5. The lowest BCUT2D eigenvalue weighted by molar-refractivity contribution is -0.134. The molecule has 1 rings (SSSR count). The van der Waals surface area contributed by atoms with E-state index in [9.17, 15) is 4.79 Å². The summed E-state index contributed by atoms with van der Waals surface area (Å²) in [7, 11) is 0. The number of piperazine rings is 1. The van der Waals surface area contributed by atoms with Crippen molar-refractivity contribution in [2.75, 3.05) is 32.7 Å². The largest absolute Gasteiger partial charge is 0.339 e. The number of carbonyl (C=O) groups is 1. The van der Waals surface area contributed by atoms with E-state index in [4.69, 9.17) is 5.73 Å². The Morgan fingerprint density at radius 3 is 2.29 bits per heavy atom. The van der Waals surface area contributed by atoms with Crippen LogP contribution in [0.1, 0.15) is 33.6 Å². The fourth-order valence-electron chi connectivity index (χ4n) is 2.04. The van der Waals surface area contributed by atoms with Crippen LogP contribution < -0.4 is 5.73 Å². The standard InChI is InChI=1S/C13H27N3O/c1-4-12(14)13(17)16-9-7-15(8-10-16)6-5-11(2)3/h11-12H,4-10,14H2,1-3H3/t12-/m0/s1. The van der Waals surface area contributed by atoms with Gasteiger partial charge in [0.1, 0.15) is 0 Å². The van der Waals surface area contributed by atoms with E-state index in [1.165, 1.54) is 6.42 Å². The lowest BCUT2D eigenvalue weighted by Gasteiger charge is -2.36. The summed E-state index contributed by atoms with van der Waals surface area (Å²) in [5, 5.41) is 0. The molecule has 1 aliphatic rings. The second kappa shape index (κ2) is 6.97. The van der Waals surface area contributed by atoms with E-state index in [1.54, 1.807) is 0 Å². The van der Waals surface area contributed by atoms with Crippen molar-refractivity contribution < 1.29 is 4.79 Å². The summed E-state index contributed by atoms with van der Waals surface area (Å²) in [5.41, 5.74) is 5.78. The van der Waals surface area contributed by atoms with E-state index in [2.05, 4.69) is 18.7 Å². The van der Waals surface area contributed by atoms with Gasteiger partial charge in [0, 0.05) is 26.2 Å². The molecule has 0 saturated carbocycles. The van der Waals surface area contributed by atoms with Gasteiger partial charge in [-0.25, -0.2) is 0 Å². The number of hydrogen-bond acceptors (Lipinski definition) is 3. The molecule has 1 amide bonds. The van der Waals surface area contributed by atoms with Crippen LogP contribution in [0.5, 0.6) is 0 Å². The second-order valence-electron chi connectivity index (χ2n) is 5.36. The van der Waals surface area contributed by atoms with Crippen LogP contribution in [0, 0.1) is 5.92 Å². The molecule has 0 aromatic rings. The van der Waals surface area contributed by atoms with Gasteiger partial charge in [0.05, 0.1) is 6.04 Å². The molecule has 2 N–H and O–H groups in total. The van der Waals surface area contributed by atoms with Gasteiger partial charge in [0.25, 0.3) is 0 Å². The highest BCUT2D eigenvalue weighted by Gasteiger charge is 2.23. The maximum absolute atomic E-state index is 11.9. The Bertz CT molecular complexity index is 235. The second-order valence-corrected chi connectivity index (χ2v) is 5.36. The minimum absolute atomic E-state index is 0.121. The molecule has 1 heterocycles. The summed E-state index contributed by atoms with van der Waals surface area (Å²) in [6.45, 7) is 11.3. The van der Waals surface area contributed by atoms with Crippen LogP contribution in [0.15, 0.2) is 0 Å². The van der Waals surface area contributed by atoms with Crippen molar-refractivity contribution in [3.8, 4) is 0 Å². The number of hydrogen-bond donors (Lipinski definition) is 1. The van der Waals surface area contributed by atoms with E-state index in [-0.39, 0.29) is 11.9 Å². The first-order valence-electron chi connectivity index (χ1n) is 6.81. The van der Waals surface area contributed by atoms with Gasteiger partial charge in [-0.1, -0.05) is 20.8 Å². The third-order valence-corrected chi connectivity index (χ3v) is 3.46. The topological polar surface area (TPSA) is 49.6 Å². The van der Waals surface area contributed by atoms with Crippen molar-refractivity contribution in [3.05, 3.63) is 0 Å². The smallest absolute Gasteiger partial charge is 0.239 e. The Balaban J connectivity index is 2.28. The highest BCUT2D eigenvalue weighted by molar-refractivity contribution is 5.81. The highest BCUT2D eigenvalue weighted by atomic mass is 16.2. The summed E-state index contributed by atoms with van der Waals surface area (Å²) in [6.07, 6.45) is 1.97. The van der Waals surface area contributed by atoms with Crippen LogP contribution in [0.3, 0.4) is 0 Å². The summed E-state index contributed by atoms with van der Waals surface area (Å²) in [6, 6.07) is -0.308. The Labute approximate surface area is 105 Å². The molecule has 0 aromatic heterocycles. The van der Waals surface area contributed by atoms with E-state index in [1.807, 2.05) is 11.8 Å². The number of nitrogens with zero attached hydrogens (tertiary/aromatic N) is 2. The molecule has 1 fully saturated rings. The van der Waals surface area contributed by atoms with E-state index >= 15 is 0 Å². The van der Waals surface area contributed by atoms with Crippen LogP contribution in [-0.4, -0.2) is 54.5 Å². The third-order valence-electron chi connectivity index (χ3n) is 3.46. The molecule has 17 heavy (non-hydrogen) atoms. The van der Waals surface area contributed by atoms with Crippen LogP contribution in [-0.2, 0) is 4.79 Å². The number of rotatable bonds is 5. The lowest BCUT2D eigenvalue weighted by atomic mass is 10.1. The summed E-state index contributed by atoms with van der Waals surface area (Å²) in [4.78, 5) is 16.2. The fourth-order valence-corrected chi connectivity index (χ4v) is 2.04. The Morgan fingerprint density at radius 2 is 1.82 bits per heavy atom. The zero-order valence-electron chi connectivity index (χ0n) is 11.5. The van der Waals surface area contributed by atoms with Crippen molar-refractivity contribution in [2.45, 2.75) is 39.7 Å². The SMILES string of the molecule is CC[C@H](N)C(=O)N1CCN(CCC(C)C)CC1. The van der Waals surface area contributed by atoms with Gasteiger partial charge in [-0.2, -0.15) is 0 Å². The van der Waals surface area contributed by atoms with Crippen molar-refractivity contribution in [1.29, 1.82) is 0 Å². The van der Waals surface area contributed by atoms with Crippen molar-refractivity contribution in [1.82, 2.24) is 9.80 Å². The molecule has 0 unspecified atom stereocenters. The number of amides is 1. The highest BCUT2D eigenvalue weighted by Crippen LogP contribution is 2.07. The van der Waals surface area contributed by atoms with E-state index in [0.29, 0.717) is 0 Å². The Morgan fingerprint density at radius 1 is 1.24 bits per heavy atom. The molecular weight excluding hydrogens is 214 g/mol. The number of nitrogens with two attached hydrogens (primary N) is 1. The molecule has 4 heteroatoms. The lowest BCUT2D eigenvalue weighted by Crippen LogP contribution is -2.53. The van der Waals surface area contributed by atoms with Gasteiger partial charge in [-0.3, -0.25) is 9.69 Å². The predicted molar refractivity (Wildman–Crippen MR) is 70.7 cm³/mol. The summed E-state index contributed by atoms with van der Waals surface area (Å²) in [5.74, 6) is 0.874. The maximum Gasteiger partial charge on any atom is 0.239 e. The van der Waals surface area contributed by atoms with E-state index in [0.717, 1.165) is 45.1 Å². The minimum atomic E-state index is -0.308. The molecule has 0 radical (unpaired) electrons. The first-order chi connectivity index (χ1) is 8.04. The molecule has 0 bridgehead atoms. The minimum Gasteiger partial charge on any atom is -0.339 e. The first kappa shape index (κ1) is 14.5. The zero-order chi connectivity index (χ0) is 12.8. The van der Waals surface area contributed by atoms with E-state index < -0.39 is 0 Å².